The lowest BCUT2D eigenvalue weighted by Gasteiger charge is -2.55. The molecule has 1 amide bonds. The van der Waals surface area contributed by atoms with E-state index in [0.717, 1.165) is 19.3 Å². The quantitative estimate of drug-likeness (QED) is 0.695. The van der Waals surface area contributed by atoms with Gasteiger partial charge in [0.25, 0.3) is 0 Å². The van der Waals surface area contributed by atoms with Gasteiger partial charge in [0, 0.05) is 12.0 Å². The van der Waals surface area contributed by atoms with Crippen LogP contribution in [0.25, 0.3) is 0 Å². The van der Waals surface area contributed by atoms with Crippen molar-refractivity contribution in [3.8, 4) is 5.75 Å². The van der Waals surface area contributed by atoms with E-state index in [2.05, 4.69) is 5.32 Å². The fourth-order valence-electron chi connectivity index (χ4n) is 6.53. The van der Waals surface area contributed by atoms with Gasteiger partial charge in [-0.3, -0.25) is 4.79 Å². The van der Waals surface area contributed by atoms with Gasteiger partial charge in [0.2, 0.25) is 5.91 Å². The number of carbonyl (C=O) groups is 1. The second-order valence-corrected chi connectivity index (χ2v) is 11.8. The summed E-state index contributed by atoms with van der Waals surface area (Å²) in [6.45, 7) is 0.00244. The second kappa shape index (κ2) is 7.69. The van der Waals surface area contributed by atoms with E-state index in [1.54, 1.807) is 24.3 Å². The molecule has 1 N–H and O–H groups in total. The zero-order valence-corrected chi connectivity index (χ0v) is 18.6. The average molecular weight is 444 g/mol. The predicted octanol–water partition coefficient (Wildman–Crippen LogP) is 4.14. The minimum atomic E-state index is -3.76. The van der Waals surface area contributed by atoms with Gasteiger partial charge >= 0.3 is 0 Å². The average Bonchev–Trinajstić information content (AvgIpc) is 3.27. The first-order valence-corrected chi connectivity index (χ1v) is 12.6. The van der Waals surface area contributed by atoms with Gasteiger partial charge in [0.15, 0.2) is 9.84 Å². The Morgan fingerprint density at radius 3 is 2.23 bits per heavy atom. The summed E-state index contributed by atoms with van der Waals surface area (Å²) in [5, 5.41) is 2.05. The van der Waals surface area contributed by atoms with Gasteiger partial charge in [-0.05, 0) is 92.7 Å². The molecule has 6 rings (SSSR count). The Morgan fingerprint density at radius 2 is 1.71 bits per heavy atom. The summed E-state index contributed by atoms with van der Waals surface area (Å²) < 4.78 is 37.5. The third-order valence-corrected chi connectivity index (χ3v) is 9.67. The van der Waals surface area contributed by atoms with Crippen LogP contribution in [0.5, 0.6) is 5.75 Å². The van der Waals surface area contributed by atoms with Gasteiger partial charge in [0.05, 0.1) is 18.3 Å². The maximum Gasteiger partial charge on any atom is 0.226 e. The highest BCUT2D eigenvalue weighted by molar-refractivity contribution is 7.91. The van der Waals surface area contributed by atoms with E-state index in [9.17, 15) is 13.2 Å². The first-order valence-electron chi connectivity index (χ1n) is 11.1. The SMILES string of the molecule is COc1ccc(S(=O)(=O)C(CNC(=O)C23CC4CC(CC(C4)C2)C3)c2ccco2)cc1. The summed E-state index contributed by atoms with van der Waals surface area (Å²) >= 11 is 0. The number of amides is 1. The summed E-state index contributed by atoms with van der Waals surface area (Å²) in [5.41, 5.74) is -0.313. The molecule has 6 nitrogen and oxygen atoms in total. The summed E-state index contributed by atoms with van der Waals surface area (Å²) in [6, 6.07) is 9.64. The molecule has 0 radical (unpaired) electrons. The summed E-state index contributed by atoms with van der Waals surface area (Å²) in [5.74, 6) is 2.90. The van der Waals surface area contributed by atoms with Crippen LogP contribution < -0.4 is 10.1 Å². The summed E-state index contributed by atoms with van der Waals surface area (Å²) in [7, 11) is -2.23. The Morgan fingerprint density at radius 1 is 1.10 bits per heavy atom. The number of nitrogens with one attached hydrogen (secondary N) is 1. The van der Waals surface area contributed by atoms with E-state index >= 15 is 0 Å². The van der Waals surface area contributed by atoms with Crippen LogP contribution in [0.4, 0.5) is 0 Å². The van der Waals surface area contributed by atoms with E-state index in [0.29, 0.717) is 29.3 Å². The minimum Gasteiger partial charge on any atom is -0.497 e. The molecule has 1 aromatic heterocycles. The molecule has 1 aromatic carbocycles. The van der Waals surface area contributed by atoms with Crippen LogP contribution in [0.1, 0.15) is 49.5 Å². The molecule has 166 valence electrons. The number of methoxy groups -OCH3 is 1. The molecule has 2 aromatic rings. The Balaban J connectivity index is 1.37. The van der Waals surface area contributed by atoms with E-state index in [1.165, 1.54) is 44.8 Å². The molecule has 0 saturated heterocycles. The second-order valence-electron chi connectivity index (χ2n) is 9.63. The topological polar surface area (TPSA) is 85.6 Å². The highest BCUT2D eigenvalue weighted by Crippen LogP contribution is 2.60. The van der Waals surface area contributed by atoms with Crippen molar-refractivity contribution in [1.29, 1.82) is 0 Å². The number of benzene rings is 1. The molecule has 4 saturated carbocycles. The highest BCUT2D eigenvalue weighted by atomic mass is 32.2. The van der Waals surface area contributed by atoms with Crippen LogP contribution in [0.2, 0.25) is 0 Å². The number of sulfone groups is 1. The van der Waals surface area contributed by atoms with Gasteiger partial charge in [-0.1, -0.05) is 0 Å². The maximum atomic E-state index is 13.4. The van der Waals surface area contributed by atoms with Crippen molar-refractivity contribution < 1.29 is 22.4 Å². The van der Waals surface area contributed by atoms with Gasteiger partial charge in [-0.2, -0.15) is 0 Å². The molecule has 4 bridgehead atoms. The van der Waals surface area contributed by atoms with Crippen molar-refractivity contribution in [1.82, 2.24) is 5.32 Å². The Hall–Kier alpha value is -2.28. The summed E-state index contributed by atoms with van der Waals surface area (Å²) in [4.78, 5) is 13.5. The fraction of sp³-hybridized carbons (Fsp3) is 0.542. The fourth-order valence-corrected chi connectivity index (χ4v) is 8.12. The lowest BCUT2D eigenvalue weighted by Crippen LogP contribution is -2.54. The standard InChI is InChI=1S/C24H29NO5S/c1-29-19-4-6-20(7-5-19)31(27,28)22(21-3-2-8-30-21)15-25-23(26)24-12-16-9-17(13-24)11-18(10-16)14-24/h2-8,16-18,22H,9-15H2,1H3,(H,25,26). The van der Waals surface area contributed by atoms with Crippen LogP contribution in [0.3, 0.4) is 0 Å². The van der Waals surface area contributed by atoms with Gasteiger partial charge in [-0.25, -0.2) is 8.42 Å². The number of hydrogen-bond acceptors (Lipinski definition) is 5. The van der Waals surface area contributed by atoms with Gasteiger partial charge < -0.3 is 14.5 Å². The zero-order valence-electron chi connectivity index (χ0n) is 17.8. The van der Waals surface area contributed by atoms with Gasteiger partial charge in [0.1, 0.15) is 16.8 Å². The third-order valence-electron chi connectivity index (χ3n) is 7.59. The van der Waals surface area contributed by atoms with Crippen molar-refractivity contribution in [3.05, 3.63) is 48.4 Å². The number of ether oxygens (including phenoxy) is 1. The monoisotopic (exact) mass is 443 g/mol. The van der Waals surface area contributed by atoms with Crippen LogP contribution in [0.15, 0.2) is 52.0 Å². The Bertz CT molecular complexity index is 1010. The first kappa shape index (κ1) is 20.6. The van der Waals surface area contributed by atoms with E-state index < -0.39 is 15.1 Å². The Kier molecular flexibility index (Phi) is 5.12. The van der Waals surface area contributed by atoms with E-state index in [4.69, 9.17) is 9.15 Å². The minimum absolute atomic E-state index is 0.00244. The predicted molar refractivity (Wildman–Crippen MR) is 115 cm³/mol. The van der Waals surface area contributed by atoms with E-state index in [1.807, 2.05) is 0 Å². The summed E-state index contributed by atoms with van der Waals surface area (Å²) in [6.07, 6.45) is 8.07. The molecule has 4 aliphatic carbocycles. The van der Waals surface area contributed by atoms with Crippen LogP contribution in [-0.4, -0.2) is 28.0 Å². The molecule has 31 heavy (non-hydrogen) atoms. The number of hydrogen-bond donors (Lipinski definition) is 1. The highest BCUT2D eigenvalue weighted by Gasteiger charge is 2.54. The van der Waals surface area contributed by atoms with E-state index in [-0.39, 0.29) is 22.8 Å². The zero-order chi connectivity index (χ0) is 21.6. The van der Waals surface area contributed by atoms with Crippen molar-refractivity contribution in [2.24, 2.45) is 23.2 Å². The maximum absolute atomic E-state index is 13.4. The van der Waals surface area contributed by atoms with Gasteiger partial charge in [-0.15, -0.1) is 0 Å². The normalized spacial score (nSPS) is 30.2. The molecule has 1 atom stereocenters. The number of furan rings is 1. The molecule has 7 heteroatoms. The van der Waals surface area contributed by atoms with Crippen LogP contribution in [-0.2, 0) is 14.6 Å². The molecule has 0 aliphatic heterocycles. The largest absolute Gasteiger partial charge is 0.497 e. The Labute approximate surface area is 183 Å². The molecule has 0 spiro atoms. The smallest absolute Gasteiger partial charge is 0.226 e. The number of carbonyl (C=O) groups excluding carboxylic acids is 1. The third kappa shape index (κ3) is 3.67. The lowest BCUT2D eigenvalue weighted by molar-refractivity contribution is -0.146. The van der Waals surface area contributed by atoms with Crippen molar-refractivity contribution in [2.45, 2.75) is 48.7 Å². The molecule has 4 aliphatic rings. The molecular formula is C24H29NO5S. The first-order chi connectivity index (χ1) is 14.9. The van der Waals surface area contributed by atoms with Crippen molar-refractivity contribution in [3.63, 3.8) is 0 Å². The lowest BCUT2D eigenvalue weighted by atomic mass is 9.49. The number of rotatable bonds is 7. The molecular weight excluding hydrogens is 414 g/mol. The van der Waals surface area contributed by atoms with Crippen LogP contribution in [0, 0.1) is 23.2 Å². The van der Waals surface area contributed by atoms with Crippen molar-refractivity contribution >= 4 is 15.7 Å². The van der Waals surface area contributed by atoms with Crippen molar-refractivity contribution in [2.75, 3.05) is 13.7 Å². The molecule has 4 fully saturated rings. The van der Waals surface area contributed by atoms with Crippen LogP contribution >= 0.6 is 0 Å². The molecule has 1 heterocycles. The molecule has 1 unspecified atom stereocenters.